The molecule has 1 aliphatic heterocycles. The van der Waals surface area contributed by atoms with Gasteiger partial charge in [-0.1, -0.05) is 12.8 Å². The van der Waals surface area contributed by atoms with Crippen molar-refractivity contribution < 1.29 is 0 Å². The summed E-state index contributed by atoms with van der Waals surface area (Å²) < 4.78 is 0. The molecule has 86 valence electrons. The van der Waals surface area contributed by atoms with Crippen LogP contribution in [0.2, 0.25) is 0 Å². The van der Waals surface area contributed by atoms with Crippen LogP contribution in [-0.2, 0) is 0 Å². The maximum absolute atomic E-state index is 5.59. The van der Waals surface area contributed by atoms with E-state index in [0.29, 0.717) is 6.04 Å². The Hall–Kier alpha value is -0.560. The first-order chi connectivity index (χ1) is 7.19. The molecule has 3 heteroatoms. The van der Waals surface area contributed by atoms with Gasteiger partial charge < -0.3 is 10.2 Å². The number of terminal acetylenes is 1. The summed E-state index contributed by atoms with van der Waals surface area (Å²) in [4.78, 5) is 4.76. The van der Waals surface area contributed by atoms with Crippen molar-refractivity contribution in [2.24, 2.45) is 0 Å². The van der Waals surface area contributed by atoms with Crippen LogP contribution in [0.3, 0.4) is 0 Å². The van der Waals surface area contributed by atoms with Crippen LogP contribution in [-0.4, -0.2) is 62.2 Å². The van der Waals surface area contributed by atoms with Gasteiger partial charge in [0.05, 0.1) is 6.04 Å². The quantitative estimate of drug-likeness (QED) is 0.672. The topological polar surface area (TPSA) is 18.5 Å². The van der Waals surface area contributed by atoms with Crippen LogP contribution in [0.15, 0.2) is 0 Å². The smallest absolute Gasteiger partial charge is 0.0856 e. The summed E-state index contributed by atoms with van der Waals surface area (Å²) in [5.41, 5.74) is 0. The molecule has 1 saturated heterocycles. The van der Waals surface area contributed by atoms with Gasteiger partial charge in [-0.2, -0.15) is 0 Å². The van der Waals surface area contributed by atoms with Crippen LogP contribution in [0.5, 0.6) is 0 Å². The highest BCUT2D eigenvalue weighted by atomic mass is 15.2. The van der Waals surface area contributed by atoms with E-state index >= 15 is 0 Å². The molecule has 2 atom stereocenters. The second-order valence-electron chi connectivity index (χ2n) is 4.37. The van der Waals surface area contributed by atoms with Crippen molar-refractivity contribution >= 4 is 0 Å². The van der Waals surface area contributed by atoms with Gasteiger partial charge in [0, 0.05) is 12.6 Å². The first-order valence-corrected chi connectivity index (χ1v) is 5.77. The third-order valence-corrected chi connectivity index (χ3v) is 3.10. The summed E-state index contributed by atoms with van der Waals surface area (Å²) in [5, 5.41) is 3.38. The first-order valence-electron chi connectivity index (χ1n) is 5.77. The van der Waals surface area contributed by atoms with Crippen LogP contribution in [0.4, 0.5) is 0 Å². The molecule has 0 aromatic rings. The number of likely N-dealkylation sites (N-methyl/N-ethyl adjacent to an activating group) is 3. The summed E-state index contributed by atoms with van der Waals surface area (Å²) in [5.74, 6) is 2.87. The summed E-state index contributed by atoms with van der Waals surface area (Å²) in [7, 11) is 4.34. The minimum absolute atomic E-state index is 0.167. The van der Waals surface area contributed by atoms with E-state index in [4.69, 9.17) is 6.42 Å². The lowest BCUT2D eigenvalue weighted by Gasteiger charge is -2.32. The predicted molar refractivity (Wildman–Crippen MR) is 64.8 cm³/mol. The monoisotopic (exact) mass is 209 g/mol. The molecule has 1 N–H and O–H groups in total. The molecule has 1 rings (SSSR count). The Morgan fingerprint density at radius 1 is 1.47 bits per heavy atom. The molecule has 1 aliphatic rings. The van der Waals surface area contributed by atoms with Crippen molar-refractivity contribution in [1.82, 2.24) is 15.1 Å². The summed E-state index contributed by atoms with van der Waals surface area (Å²) in [6.45, 7) is 6.40. The minimum Gasteiger partial charge on any atom is -0.305 e. The Balaban J connectivity index is 2.65. The summed E-state index contributed by atoms with van der Waals surface area (Å²) >= 11 is 0. The molecule has 0 saturated carbocycles. The van der Waals surface area contributed by atoms with Gasteiger partial charge in [0.2, 0.25) is 0 Å². The van der Waals surface area contributed by atoms with Crippen molar-refractivity contribution in [2.45, 2.75) is 25.4 Å². The molecule has 0 aromatic carbocycles. The van der Waals surface area contributed by atoms with Crippen LogP contribution < -0.4 is 5.32 Å². The van der Waals surface area contributed by atoms with Crippen LogP contribution in [0.1, 0.15) is 13.3 Å². The van der Waals surface area contributed by atoms with E-state index in [1.165, 1.54) is 13.0 Å². The Kier molecular flexibility index (Phi) is 5.10. The minimum atomic E-state index is 0.167. The number of nitrogens with one attached hydrogen (secondary N) is 1. The zero-order valence-electron chi connectivity index (χ0n) is 10.2. The lowest BCUT2D eigenvalue weighted by atomic mass is 10.1. The zero-order chi connectivity index (χ0) is 11.3. The molecule has 1 fully saturated rings. The standard InChI is InChI=1S/C12H23N3/c1-5-11(13-6-2)12-10-14(3)8-7-9-15(12)4/h1,11-13H,6-10H2,2-4H3. The molecule has 2 unspecified atom stereocenters. The molecule has 0 aromatic heterocycles. The fourth-order valence-corrected chi connectivity index (χ4v) is 2.19. The third kappa shape index (κ3) is 3.49. The normalized spacial score (nSPS) is 26.9. The fourth-order valence-electron chi connectivity index (χ4n) is 2.19. The molecule has 1 heterocycles. The Morgan fingerprint density at radius 2 is 2.20 bits per heavy atom. The number of hydrogen-bond donors (Lipinski definition) is 1. The van der Waals surface area contributed by atoms with E-state index in [-0.39, 0.29) is 6.04 Å². The van der Waals surface area contributed by atoms with Crippen molar-refractivity contribution in [3.63, 3.8) is 0 Å². The largest absolute Gasteiger partial charge is 0.305 e. The summed E-state index contributed by atoms with van der Waals surface area (Å²) in [6, 6.07) is 0.600. The van der Waals surface area contributed by atoms with E-state index < -0.39 is 0 Å². The lowest BCUT2D eigenvalue weighted by molar-refractivity contribution is 0.200. The van der Waals surface area contributed by atoms with Gasteiger partial charge in [-0.3, -0.25) is 4.90 Å². The van der Waals surface area contributed by atoms with Crippen molar-refractivity contribution in [3.8, 4) is 12.3 Å². The van der Waals surface area contributed by atoms with E-state index in [1.54, 1.807) is 0 Å². The van der Waals surface area contributed by atoms with Gasteiger partial charge >= 0.3 is 0 Å². The molecule has 0 amide bonds. The van der Waals surface area contributed by atoms with Gasteiger partial charge in [-0.15, -0.1) is 6.42 Å². The SMILES string of the molecule is C#CC(NCC)C1CN(C)CCCN1C. The van der Waals surface area contributed by atoms with Crippen LogP contribution >= 0.6 is 0 Å². The lowest BCUT2D eigenvalue weighted by Crippen LogP contribution is -2.51. The molecular formula is C12H23N3. The summed E-state index contributed by atoms with van der Waals surface area (Å²) in [6.07, 6.45) is 6.82. The van der Waals surface area contributed by atoms with Gasteiger partial charge in [0.25, 0.3) is 0 Å². The molecule has 0 bridgehead atoms. The highest BCUT2D eigenvalue weighted by molar-refractivity contribution is 5.06. The van der Waals surface area contributed by atoms with Crippen LogP contribution in [0, 0.1) is 12.3 Å². The first kappa shape index (κ1) is 12.5. The molecular weight excluding hydrogens is 186 g/mol. The Bertz CT molecular complexity index is 221. The van der Waals surface area contributed by atoms with Crippen molar-refractivity contribution in [2.75, 3.05) is 40.3 Å². The molecule has 0 aliphatic carbocycles. The second kappa shape index (κ2) is 6.12. The molecule has 0 radical (unpaired) electrons. The zero-order valence-corrected chi connectivity index (χ0v) is 10.2. The average Bonchev–Trinajstić information content (AvgIpc) is 2.37. The molecule has 0 spiro atoms. The van der Waals surface area contributed by atoms with Crippen molar-refractivity contribution in [1.29, 1.82) is 0 Å². The highest BCUT2D eigenvalue weighted by Crippen LogP contribution is 2.10. The van der Waals surface area contributed by atoms with Gasteiger partial charge in [-0.05, 0) is 40.2 Å². The maximum atomic E-state index is 5.59. The van der Waals surface area contributed by atoms with E-state index in [1.807, 2.05) is 0 Å². The highest BCUT2D eigenvalue weighted by Gasteiger charge is 2.26. The molecule has 3 nitrogen and oxygen atoms in total. The van der Waals surface area contributed by atoms with Gasteiger partial charge in [0.15, 0.2) is 0 Å². The van der Waals surface area contributed by atoms with E-state index in [0.717, 1.165) is 19.6 Å². The van der Waals surface area contributed by atoms with E-state index in [2.05, 4.69) is 42.1 Å². The van der Waals surface area contributed by atoms with Crippen LogP contribution in [0.25, 0.3) is 0 Å². The number of hydrogen-bond acceptors (Lipinski definition) is 3. The third-order valence-electron chi connectivity index (χ3n) is 3.10. The number of rotatable bonds is 3. The van der Waals surface area contributed by atoms with Crippen molar-refractivity contribution in [3.05, 3.63) is 0 Å². The Morgan fingerprint density at radius 3 is 2.80 bits per heavy atom. The van der Waals surface area contributed by atoms with Gasteiger partial charge in [0.1, 0.15) is 0 Å². The van der Waals surface area contributed by atoms with E-state index in [9.17, 15) is 0 Å². The molecule has 15 heavy (non-hydrogen) atoms. The maximum Gasteiger partial charge on any atom is 0.0856 e. The number of nitrogens with zero attached hydrogens (tertiary/aromatic N) is 2. The Labute approximate surface area is 93.8 Å². The average molecular weight is 209 g/mol. The predicted octanol–water partition coefficient (Wildman–Crippen LogP) is 0.234. The second-order valence-corrected chi connectivity index (χ2v) is 4.37. The van der Waals surface area contributed by atoms with Gasteiger partial charge in [-0.25, -0.2) is 0 Å². The fraction of sp³-hybridized carbons (Fsp3) is 0.833.